The third-order valence-electron chi connectivity index (χ3n) is 6.30. The molecule has 2 fully saturated rings. The lowest BCUT2D eigenvalue weighted by molar-refractivity contribution is -0.140. The first-order valence-electron chi connectivity index (χ1n) is 11.8. The van der Waals surface area contributed by atoms with E-state index in [4.69, 9.17) is 4.74 Å². The summed E-state index contributed by atoms with van der Waals surface area (Å²) in [6.45, 7) is 7.45. The number of amides is 2. The van der Waals surface area contributed by atoms with Crippen LogP contribution in [0.2, 0.25) is 0 Å². The third kappa shape index (κ3) is 6.96. The molecule has 6 heteroatoms. The zero-order valence-electron chi connectivity index (χ0n) is 19.6. The van der Waals surface area contributed by atoms with Gasteiger partial charge in [-0.3, -0.25) is 9.69 Å². The predicted octanol–water partition coefficient (Wildman–Crippen LogP) is 4.19. The Hall–Kier alpha value is -2.08. The lowest BCUT2D eigenvalue weighted by atomic mass is 9.78. The molecule has 1 saturated carbocycles. The molecule has 31 heavy (non-hydrogen) atoms. The van der Waals surface area contributed by atoms with Crippen LogP contribution in [0.1, 0.15) is 64.9 Å². The molecule has 0 radical (unpaired) electrons. The lowest BCUT2D eigenvalue weighted by Gasteiger charge is -2.45. The molecule has 0 spiro atoms. The number of likely N-dealkylation sites (tertiary alicyclic amines) is 1. The number of hydrogen-bond acceptors (Lipinski definition) is 4. The van der Waals surface area contributed by atoms with Gasteiger partial charge in [0, 0.05) is 25.7 Å². The summed E-state index contributed by atoms with van der Waals surface area (Å²) in [6.07, 6.45) is 6.47. The number of benzene rings is 1. The van der Waals surface area contributed by atoms with Crippen molar-refractivity contribution < 1.29 is 14.3 Å². The van der Waals surface area contributed by atoms with Gasteiger partial charge in [-0.25, -0.2) is 4.79 Å². The van der Waals surface area contributed by atoms with E-state index in [-0.39, 0.29) is 5.91 Å². The Morgan fingerprint density at radius 2 is 1.81 bits per heavy atom. The molecule has 1 aromatic carbocycles. The summed E-state index contributed by atoms with van der Waals surface area (Å²) in [5.74, 6) is 0.637. The summed E-state index contributed by atoms with van der Waals surface area (Å²) < 4.78 is 5.47. The first kappa shape index (κ1) is 23.6. The van der Waals surface area contributed by atoms with E-state index >= 15 is 0 Å². The van der Waals surface area contributed by atoms with Crippen LogP contribution in [-0.4, -0.2) is 59.6 Å². The molecule has 6 nitrogen and oxygen atoms in total. The number of fused-ring (bicyclic) bond motifs is 1. The average molecular weight is 430 g/mol. The largest absolute Gasteiger partial charge is 0.444 e. The maximum absolute atomic E-state index is 13.7. The molecule has 2 amide bonds. The van der Waals surface area contributed by atoms with Crippen LogP contribution in [0.4, 0.5) is 4.79 Å². The van der Waals surface area contributed by atoms with Crippen molar-refractivity contribution in [3.8, 4) is 0 Å². The first-order valence-corrected chi connectivity index (χ1v) is 11.8. The van der Waals surface area contributed by atoms with Crippen LogP contribution in [0.5, 0.6) is 0 Å². The Bertz CT molecular complexity index is 729. The van der Waals surface area contributed by atoms with Crippen molar-refractivity contribution in [1.82, 2.24) is 15.1 Å². The van der Waals surface area contributed by atoms with E-state index < -0.39 is 17.7 Å². The highest BCUT2D eigenvalue weighted by Gasteiger charge is 2.39. The van der Waals surface area contributed by atoms with Gasteiger partial charge < -0.3 is 15.0 Å². The maximum atomic E-state index is 13.7. The van der Waals surface area contributed by atoms with Crippen LogP contribution in [0.15, 0.2) is 30.3 Å². The van der Waals surface area contributed by atoms with Crippen LogP contribution in [0.3, 0.4) is 0 Å². The highest BCUT2D eigenvalue weighted by atomic mass is 16.6. The SMILES string of the molecule is CN(Cc1ccccc1)C[C@@H](NC(=O)OC(C)(C)C)C(=O)N1CCC[C@H]2CCCC[C@@H]21. The molecule has 0 unspecified atom stereocenters. The van der Waals surface area contributed by atoms with Gasteiger partial charge in [0.2, 0.25) is 5.91 Å². The minimum atomic E-state index is -0.621. The van der Waals surface area contributed by atoms with Crippen molar-refractivity contribution in [1.29, 1.82) is 0 Å². The van der Waals surface area contributed by atoms with Gasteiger partial charge in [0.1, 0.15) is 11.6 Å². The summed E-state index contributed by atoms with van der Waals surface area (Å²) >= 11 is 0. The number of piperidine rings is 1. The molecule has 1 N–H and O–H groups in total. The summed E-state index contributed by atoms with van der Waals surface area (Å²) in [5, 5.41) is 2.89. The lowest BCUT2D eigenvalue weighted by Crippen LogP contribution is -2.59. The predicted molar refractivity (Wildman–Crippen MR) is 123 cm³/mol. The minimum Gasteiger partial charge on any atom is -0.444 e. The second-order valence-electron chi connectivity index (χ2n) is 10.2. The Morgan fingerprint density at radius 1 is 1.13 bits per heavy atom. The third-order valence-corrected chi connectivity index (χ3v) is 6.30. The summed E-state index contributed by atoms with van der Waals surface area (Å²) in [7, 11) is 1.99. The number of nitrogens with one attached hydrogen (secondary N) is 1. The molecular formula is C25H39N3O3. The average Bonchev–Trinajstić information content (AvgIpc) is 2.71. The van der Waals surface area contributed by atoms with E-state index in [0.29, 0.717) is 25.0 Å². The number of likely N-dealkylation sites (N-methyl/N-ethyl adjacent to an activating group) is 1. The Labute approximate surface area is 187 Å². The fraction of sp³-hybridized carbons (Fsp3) is 0.680. The number of nitrogens with zero attached hydrogens (tertiary/aromatic N) is 2. The van der Waals surface area contributed by atoms with E-state index in [0.717, 1.165) is 19.4 Å². The topological polar surface area (TPSA) is 61.9 Å². The summed E-state index contributed by atoms with van der Waals surface area (Å²) in [4.78, 5) is 30.4. The smallest absolute Gasteiger partial charge is 0.408 e. The van der Waals surface area contributed by atoms with E-state index in [1.165, 1.54) is 31.2 Å². The number of carbonyl (C=O) groups is 2. The summed E-state index contributed by atoms with van der Waals surface area (Å²) in [5.41, 5.74) is 0.575. The molecule has 1 aromatic rings. The molecular weight excluding hydrogens is 390 g/mol. The van der Waals surface area contributed by atoms with Gasteiger partial charge in [0.15, 0.2) is 0 Å². The molecule has 0 bridgehead atoms. The molecule has 1 saturated heterocycles. The highest BCUT2D eigenvalue weighted by molar-refractivity contribution is 5.86. The first-order chi connectivity index (χ1) is 14.7. The molecule has 3 atom stereocenters. The van der Waals surface area contributed by atoms with Gasteiger partial charge >= 0.3 is 6.09 Å². The molecule has 2 aliphatic rings. The number of rotatable bonds is 6. The Morgan fingerprint density at radius 3 is 2.52 bits per heavy atom. The van der Waals surface area contributed by atoms with Crippen molar-refractivity contribution in [3.63, 3.8) is 0 Å². The van der Waals surface area contributed by atoms with Crippen LogP contribution < -0.4 is 5.32 Å². The second-order valence-corrected chi connectivity index (χ2v) is 10.2. The van der Waals surface area contributed by atoms with E-state index in [1.54, 1.807) is 0 Å². The fourth-order valence-electron chi connectivity index (χ4n) is 5.01. The highest BCUT2D eigenvalue weighted by Crippen LogP contribution is 2.35. The van der Waals surface area contributed by atoms with Crippen LogP contribution >= 0.6 is 0 Å². The van der Waals surface area contributed by atoms with Crippen molar-refractivity contribution >= 4 is 12.0 Å². The van der Waals surface area contributed by atoms with E-state index in [1.807, 2.05) is 46.0 Å². The molecule has 1 aliphatic carbocycles. The van der Waals surface area contributed by atoms with Gasteiger partial charge in [0.25, 0.3) is 0 Å². The van der Waals surface area contributed by atoms with E-state index in [9.17, 15) is 9.59 Å². The van der Waals surface area contributed by atoms with Crippen LogP contribution in [0.25, 0.3) is 0 Å². The van der Waals surface area contributed by atoms with Gasteiger partial charge in [-0.2, -0.15) is 0 Å². The maximum Gasteiger partial charge on any atom is 0.408 e. The van der Waals surface area contributed by atoms with Crippen molar-refractivity contribution in [3.05, 3.63) is 35.9 Å². The van der Waals surface area contributed by atoms with Crippen LogP contribution in [0, 0.1) is 5.92 Å². The molecule has 1 aliphatic heterocycles. The monoisotopic (exact) mass is 429 g/mol. The number of ether oxygens (including phenoxy) is 1. The molecule has 172 valence electrons. The van der Waals surface area contributed by atoms with E-state index in [2.05, 4.69) is 27.2 Å². The minimum absolute atomic E-state index is 0.0300. The number of alkyl carbamates (subject to hydrolysis) is 1. The number of hydrogen-bond donors (Lipinski definition) is 1. The van der Waals surface area contributed by atoms with Gasteiger partial charge in [0.05, 0.1) is 0 Å². The Balaban J connectivity index is 1.72. The summed E-state index contributed by atoms with van der Waals surface area (Å²) in [6, 6.07) is 9.87. The zero-order valence-corrected chi connectivity index (χ0v) is 19.6. The standard InChI is InChI=1S/C25H39N3O3/c1-25(2,3)31-24(30)26-21(18-27(4)17-19-11-6-5-7-12-19)23(29)28-16-10-14-20-13-8-9-15-22(20)28/h5-7,11-12,20-22H,8-10,13-18H2,1-4H3,(H,26,30)/t20-,21-,22+/m1/s1. The normalized spacial score (nSPS) is 22.5. The number of carbonyl (C=O) groups excluding carboxylic acids is 2. The van der Waals surface area contributed by atoms with Crippen LogP contribution in [-0.2, 0) is 16.1 Å². The molecule has 0 aromatic heterocycles. The van der Waals surface area contributed by atoms with Crippen molar-refractivity contribution in [2.24, 2.45) is 5.92 Å². The van der Waals surface area contributed by atoms with Crippen molar-refractivity contribution in [2.45, 2.75) is 83.5 Å². The second kappa shape index (κ2) is 10.5. The molecule has 3 rings (SSSR count). The fourth-order valence-corrected chi connectivity index (χ4v) is 5.01. The van der Waals surface area contributed by atoms with Crippen molar-refractivity contribution in [2.75, 3.05) is 20.1 Å². The quantitative estimate of drug-likeness (QED) is 0.736. The van der Waals surface area contributed by atoms with Gasteiger partial charge in [-0.15, -0.1) is 0 Å². The van der Waals surface area contributed by atoms with Gasteiger partial charge in [-0.05, 0) is 65.0 Å². The Kier molecular flexibility index (Phi) is 7.98. The molecule has 1 heterocycles. The van der Waals surface area contributed by atoms with Gasteiger partial charge in [-0.1, -0.05) is 43.2 Å². The zero-order chi connectivity index (χ0) is 22.4.